The van der Waals surface area contributed by atoms with E-state index >= 15 is 0 Å². The molecule has 1 aromatic rings. The van der Waals surface area contributed by atoms with Crippen molar-refractivity contribution < 1.29 is 17.9 Å². The second-order valence-corrected chi connectivity index (χ2v) is 3.66. The number of aryl methyl sites for hydroxylation is 1. The lowest BCUT2D eigenvalue weighted by atomic mass is 10.1. The van der Waals surface area contributed by atoms with Gasteiger partial charge in [-0.3, -0.25) is 0 Å². The van der Waals surface area contributed by atoms with E-state index < -0.39 is 12.8 Å². The van der Waals surface area contributed by atoms with E-state index in [0.29, 0.717) is 12.0 Å². The Bertz CT molecular complexity index is 339. The number of rotatable bonds is 5. The number of hydrogen-bond acceptors (Lipinski definition) is 1. The van der Waals surface area contributed by atoms with E-state index in [9.17, 15) is 13.2 Å². The van der Waals surface area contributed by atoms with Crippen molar-refractivity contribution in [1.82, 2.24) is 0 Å². The van der Waals surface area contributed by atoms with Gasteiger partial charge in [0, 0.05) is 6.42 Å². The van der Waals surface area contributed by atoms with E-state index in [1.54, 1.807) is 19.9 Å². The van der Waals surface area contributed by atoms with Gasteiger partial charge in [0.25, 0.3) is 6.43 Å². The van der Waals surface area contributed by atoms with Gasteiger partial charge in [0.15, 0.2) is 0 Å². The molecular weight excluding hydrogens is 217 g/mol. The Balaban J connectivity index is 2.86. The molecule has 0 bridgehead atoms. The maximum Gasteiger partial charge on any atom is 0.267 e. The minimum Gasteiger partial charge on any atom is -0.460 e. The first-order chi connectivity index (χ1) is 7.54. The number of hydrogen-bond donors (Lipinski definition) is 0. The van der Waals surface area contributed by atoms with Crippen molar-refractivity contribution >= 4 is 0 Å². The van der Waals surface area contributed by atoms with Crippen molar-refractivity contribution in [3.8, 4) is 5.75 Å². The lowest BCUT2D eigenvalue weighted by Gasteiger charge is -2.14. The molecule has 0 heterocycles. The highest BCUT2D eigenvalue weighted by molar-refractivity contribution is 5.37. The van der Waals surface area contributed by atoms with Gasteiger partial charge in [0.2, 0.25) is 6.36 Å². The topological polar surface area (TPSA) is 9.23 Å². The summed E-state index contributed by atoms with van der Waals surface area (Å²) >= 11 is 0. The van der Waals surface area contributed by atoms with Gasteiger partial charge in [-0.15, -0.1) is 0 Å². The third kappa shape index (κ3) is 3.43. The van der Waals surface area contributed by atoms with Crippen LogP contribution in [0.5, 0.6) is 5.75 Å². The first-order valence-electron chi connectivity index (χ1n) is 5.24. The zero-order chi connectivity index (χ0) is 12.1. The van der Waals surface area contributed by atoms with Gasteiger partial charge >= 0.3 is 0 Å². The predicted molar refractivity (Wildman–Crippen MR) is 56.6 cm³/mol. The lowest BCUT2D eigenvalue weighted by molar-refractivity contribution is 0.0525. The molecule has 0 aliphatic carbocycles. The Morgan fingerprint density at radius 3 is 2.50 bits per heavy atom. The summed E-state index contributed by atoms with van der Waals surface area (Å²) in [7, 11) is 0. The molecule has 0 spiro atoms. The van der Waals surface area contributed by atoms with Crippen LogP contribution >= 0.6 is 0 Å². The molecular formula is C12H15F3O. The lowest BCUT2D eigenvalue weighted by Crippen LogP contribution is -2.10. The first-order valence-corrected chi connectivity index (χ1v) is 5.24. The molecule has 0 aromatic heterocycles. The van der Waals surface area contributed by atoms with Gasteiger partial charge < -0.3 is 4.74 Å². The molecule has 1 atom stereocenters. The van der Waals surface area contributed by atoms with Crippen LogP contribution in [0.2, 0.25) is 0 Å². The van der Waals surface area contributed by atoms with Gasteiger partial charge in [0.05, 0.1) is 5.56 Å². The molecule has 1 unspecified atom stereocenters. The van der Waals surface area contributed by atoms with Crippen molar-refractivity contribution in [2.24, 2.45) is 0 Å². The molecule has 0 amide bonds. The number of halogens is 3. The Morgan fingerprint density at radius 1 is 1.25 bits per heavy atom. The maximum atomic E-state index is 13.2. The number of alkyl halides is 3. The molecule has 1 nitrogen and oxygen atoms in total. The zero-order valence-electron chi connectivity index (χ0n) is 9.34. The zero-order valence-corrected chi connectivity index (χ0v) is 9.34. The van der Waals surface area contributed by atoms with E-state index in [2.05, 4.69) is 0 Å². The highest BCUT2D eigenvalue weighted by atomic mass is 19.3. The minimum absolute atomic E-state index is 0.0680. The van der Waals surface area contributed by atoms with Crippen LogP contribution < -0.4 is 4.74 Å². The van der Waals surface area contributed by atoms with Crippen molar-refractivity contribution in [2.45, 2.75) is 39.5 Å². The van der Waals surface area contributed by atoms with Crippen LogP contribution in [0.25, 0.3) is 0 Å². The van der Waals surface area contributed by atoms with E-state index in [-0.39, 0.29) is 17.7 Å². The summed E-state index contributed by atoms with van der Waals surface area (Å²) in [5.74, 6) is -0.0680. The highest BCUT2D eigenvalue weighted by Gasteiger charge is 2.17. The minimum atomic E-state index is -2.65. The summed E-state index contributed by atoms with van der Waals surface area (Å²) in [5, 5.41) is 0. The fourth-order valence-corrected chi connectivity index (χ4v) is 1.37. The maximum absolute atomic E-state index is 13.2. The predicted octanol–water partition coefficient (Wildman–Crippen LogP) is 4.41. The third-order valence-electron chi connectivity index (χ3n) is 2.17. The van der Waals surface area contributed by atoms with Gasteiger partial charge in [-0.2, -0.15) is 0 Å². The van der Waals surface area contributed by atoms with Gasteiger partial charge in [-0.1, -0.05) is 18.6 Å². The van der Waals surface area contributed by atoms with Gasteiger partial charge in [0.1, 0.15) is 5.75 Å². The summed E-state index contributed by atoms with van der Waals surface area (Å²) in [6.07, 6.45) is -3.36. The van der Waals surface area contributed by atoms with Crippen LogP contribution in [0.1, 0.15) is 37.3 Å². The average molecular weight is 232 g/mol. The van der Waals surface area contributed by atoms with Crippen LogP contribution in [0.4, 0.5) is 13.2 Å². The van der Waals surface area contributed by atoms with E-state index in [1.807, 2.05) is 0 Å². The first kappa shape index (κ1) is 12.9. The average Bonchev–Trinajstić information content (AvgIpc) is 2.20. The van der Waals surface area contributed by atoms with Crippen molar-refractivity contribution in [2.75, 3.05) is 0 Å². The Kier molecular flexibility index (Phi) is 4.65. The molecule has 16 heavy (non-hydrogen) atoms. The second kappa shape index (κ2) is 5.77. The monoisotopic (exact) mass is 232 g/mol. The molecule has 0 saturated heterocycles. The SMILES string of the molecule is CCCC(F)Oc1ccc(C)cc1C(F)F. The summed E-state index contributed by atoms with van der Waals surface area (Å²) in [6.45, 7) is 3.51. The van der Waals surface area contributed by atoms with Crippen molar-refractivity contribution in [1.29, 1.82) is 0 Å². The van der Waals surface area contributed by atoms with E-state index in [0.717, 1.165) is 0 Å². The molecule has 90 valence electrons. The van der Waals surface area contributed by atoms with Crippen LogP contribution in [0.3, 0.4) is 0 Å². The summed E-state index contributed by atoms with van der Waals surface area (Å²) < 4.78 is 43.3. The summed E-state index contributed by atoms with van der Waals surface area (Å²) in [6, 6.07) is 4.33. The fraction of sp³-hybridized carbons (Fsp3) is 0.500. The molecule has 0 saturated carbocycles. The van der Waals surface area contributed by atoms with Gasteiger partial charge in [-0.05, 0) is 25.5 Å². The molecule has 0 fully saturated rings. The normalized spacial score (nSPS) is 12.9. The van der Waals surface area contributed by atoms with Crippen LogP contribution in [0.15, 0.2) is 18.2 Å². The van der Waals surface area contributed by atoms with E-state index in [1.165, 1.54) is 12.1 Å². The van der Waals surface area contributed by atoms with Gasteiger partial charge in [-0.25, -0.2) is 13.2 Å². The molecule has 1 aromatic carbocycles. The molecule has 0 aliphatic rings. The van der Waals surface area contributed by atoms with Crippen LogP contribution in [-0.4, -0.2) is 6.36 Å². The molecule has 1 rings (SSSR count). The smallest absolute Gasteiger partial charge is 0.267 e. The summed E-state index contributed by atoms with van der Waals surface area (Å²) in [4.78, 5) is 0. The second-order valence-electron chi connectivity index (χ2n) is 3.66. The molecule has 4 heteroatoms. The quantitative estimate of drug-likeness (QED) is 0.730. The largest absolute Gasteiger partial charge is 0.460 e. The van der Waals surface area contributed by atoms with Crippen LogP contribution in [-0.2, 0) is 0 Å². The molecule has 0 aliphatic heterocycles. The standard InChI is InChI=1S/C12H15F3O/c1-3-4-11(13)16-10-6-5-8(2)7-9(10)12(14)15/h5-7,11-12H,3-4H2,1-2H3. The molecule has 0 radical (unpaired) electrons. The van der Waals surface area contributed by atoms with Crippen LogP contribution in [0, 0.1) is 6.92 Å². The summed E-state index contributed by atoms with van der Waals surface area (Å²) in [5.41, 5.74) is 0.451. The third-order valence-corrected chi connectivity index (χ3v) is 2.17. The van der Waals surface area contributed by atoms with Crippen molar-refractivity contribution in [3.05, 3.63) is 29.3 Å². The van der Waals surface area contributed by atoms with E-state index in [4.69, 9.17) is 4.74 Å². The van der Waals surface area contributed by atoms with Crippen molar-refractivity contribution in [3.63, 3.8) is 0 Å². The molecule has 0 N–H and O–H groups in total. The number of ether oxygens (including phenoxy) is 1. The Hall–Kier alpha value is -1.19. The highest BCUT2D eigenvalue weighted by Crippen LogP contribution is 2.31. The Labute approximate surface area is 93.2 Å². The Morgan fingerprint density at radius 2 is 1.94 bits per heavy atom. The number of benzene rings is 1. The fourth-order valence-electron chi connectivity index (χ4n) is 1.37.